The monoisotopic (exact) mass is 357 g/mol. The Balaban J connectivity index is 2.24. The molecule has 3 rings (SSSR count). The van der Waals surface area contributed by atoms with E-state index in [1.165, 1.54) is 6.08 Å². The van der Waals surface area contributed by atoms with Crippen LogP contribution in [0.15, 0.2) is 57.9 Å². The van der Waals surface area contributed by atoms with Gasteiger partial charge in [-0.05, 0) is 48.2 Å². The van der Waals surface area contributed by atoms with Crippen LogP contribution in [-0.4, -0.2) is 19.6 Å². The largest absolute Gasteiger partial charge is 0.454 e. The third-order valence-corrected chi connectivity index (χ3v) is 4.72. The molecule has 0 aliphatic rings. The predicted molar refractivity (Wildman–Crippen MR) is 102 cm³/mol. The summed E-state index contributed by atoms with van der Waals surface area (Å²) in [5.41, 5.74) is 3.19. The van der Waals surface area contributed by atoms with E-state index in [2.05, 4.69) is 5.32 Å². The summed E-state index contributed by atoms with van der Waals surface area (Å²) in [6.45, 7) is 0. The number of hydrogen-bond donors (Lipinski definition) is 1. The fraction of sp³-hybridized carbons (Fsp3) is 0.105. The van der Waals surface area contributed by atoms with Crippen molar-refractivity contribution in [3.05, 3.63) is 64.9 Å². The second-order valence-electron chi connectivity index (χ2n) is 5.15. The molecule has 0 atom stereocenters. The van der Waals surface area contributed by atoms with Crippen molar-refractivity contribution in [2.75, 3.05) is 18.6 Å². The maximum absolute atomic E-state index is 11.2. The molecule has 0 aliphatic heterocycles. The Kier molecular flexibility index (Phi) is 4.97. The molecule has 5 heteroatoms. The average Bonchev–Trinajstić information content (AvgIpc) is 2.96. The Labute approximate surface area is 149 Å². The number of aldehydes is 1. The van der Waals surface area contributed by atoms with E-state index >= 15 is 0 Å². The van der Waals surface area contributed by atoms with Crippen LogP contribution in [0.3, 0.4) is 0 Å². The highest BCUT2D eigenvalue weighted by molar-refractivity contribution is 7.98. The fourth-order valence-corrected chi connectivity index (χ4v) is 3.30. The Morgan fingerprint density at radius 3 is 2.79 bits per heavy atom. The molecule has 24 heavy (non-hydrogen) atoms. The Morgan fingerprint density at radius 1 is 1.25 bits per heavy atom. The molecule has 1 N–H and O–H groups in total. The standard InChI is InChI=1S/C19H16ClNO2S/c1-21-18-16-11-13(20)6-7-17(16)23-19(18)15(8-9-22)12-4-3-5-14(10-12)24-2/h3-11,21H,1-2H3/b15-8-. The molecular formula is C19H16ClNO2S. The van der Waals surface area contributed by atoms with Crippen molar-refractivity contribution in [2.24, 2.45) is 0 Å². The summed E-state index contributed by atoms with van der Waals surface area (Å²) in [6, 6.07) is 13.5. The van der Waals surface area contributed by atoms with Gasteiger partial charge in [0.25, 0.3) is 0 Å². The van der Waals surface area contributed by atoms with E-state index in [4.69, 9.17) is 16.0 Å². The Bertz CT molecular complexity index is 930. The van der Waals surface area contributed by atoms with Gasteiger partial charge in [0.1, 0.15) is 11.9 Å². The molecule has 0 amide bonds. The number of carbonyl (C=O) groups excluding carboxylic acids is 1. The highest BCUT2D eigenvalue weighted by Gasteiger charge is 2.18. The predicted octanol–water partition coefficient (Wildman–Crippen LogP) is 5.48. The topological polar surface area (TPSA) is 42.2 Å². The lowest BCUT2D eigenvalue weighted by Gasteiger charge is -2.08. The maximum atomic E-state index is 11.2. The van der Waals surface area contributed by atoms with Crippen LogP contribution in [0.1, 0.15) is 11.3 Å². The first-order valence-corrected chi connectivity index (χ1v) is 8.98. The smallest absolute Gasteiger partial charge is 0.159 e. The zero-order valence-electron chi connectivity index (χ0n) is 13.3. The average molecular weight is 358 g/mol. The van der Waals surface area contributed by atoms with Gasteiger partial charge < -0.3 is 9.73 Å². The van der Waals surface area contributed by atoms with Gasteiger partial charge in [-0.25, -0.2) is 0 Å². The van der Waals surface area contributed by atoms with Crippen molar-refractivity contribution in [3.63, 3.8) is 0 Å². The van der Waals surface area contributed by atoms with Gasteiger partial charge in [-0.1, -0.05) is 23.7 Å². The minimum absolute atomic E-state index is 0.625. The molecule has 0 aliphatic carbocycles. The summed E-state index contributed by atoms with van der Waals surface area (Å²) >= 11 is 7.76. The summed E-state index contributed by atoms with van der Waals surface area (Å²) in [5, 5.41) is 4.69. The first-order valence-electron chi connectivity index (χ1n) is 7.38. The molecular weight excluding hydrogens is 342 g/mol. The van der Waals surface area contributed by atoms with Crippen LogP contribution in [-0.2, 0) is 4.79 Å². The van der Waals surface area contributed by atoms with Crippen molar-refractivity contribution in [3.8, 4) is 0 Å². The van der Waals surface area contributed by atoms with E-state index in [0.29, 0.717) is 10.8 Å². The maximum Gasteiger partial charge on any atom is 0.159 e. The number of hydrogen-bond acceptors (Lipinski definition) is 4. The third-order valence-electron chi connectivity index (χ3n) is 3.76. The Hall–Kier alpha value is -2.17. The van der Waals surface area contributed by atoms with E-state index in [1.54, 1.807) is 17.8 Å². The third kappa shape index (κ3) is 3.07. The molecule has 0 spiro atoms. The van der Waals surface area contributed by atoms with Gasteiger partial charge in [0.2, 0.25) is 0 Å². The molecule has 0 saturated carbocycles. The molecule has 3 aromatic rings. The summed E-state index contributed by atoms with van der Waals surface area (Å²) in [4.78, 5) is 12.3. The number of rotatable bonds is 5. The molecule has 1 heterocycles. The number of benzene rings is 2. The summed E-state index contributed by atoms with van der Waals surface area (Å²) in [5.74, 6) is 0.625. The van der Waals surface area contributed by atoms with E-state index < -0.39 is 0 Å². The number of fused-ring (bicyclic) bond motifs is 1. The van der Waals surface area contributed by atoms with Crippen LogP contribution >= 0.6 is 23.4 Å². The normalized spacial score (nSPS) is 11.7. The first kappa shape index (κ1) is 16.7. The molecule has 122 valence electrons. The Morgan fingerprint density at radius 2 is 2.08 bits per heavy atom. The minimum atomic E-state index is 0.625. The van der Waals surface area contributed by atoms with E-state index in [9.17, 15) is 4.79 Å². The zero-order chi connectivity index (χ0) is 17.1. The van der Waals surface area contributed by atoms with Crippen molar-refractivity contribution >= 4 is 51.9 Å². The van der Waals surface area contributed by atoms with Crippen LogP contribution in [0.2, 0.25) is 5.02 Å². The van der Waals surface area contributed by atoms with Gasteiger partial charge in [-0.2, -0.15) is 0 Å². The molecule has 0 fully saturated rings. The number of thioether (sulfide) groups is 1. The lowest BCUT2D eigenvalue weighted by atomic mass is 10.0. The fourth-order valence-electron chi connectivity index (χ4n) is 2.67. The number of carbonyl (C=O) groups is 1. The molecule has 2 aromatic carbocycles. The lowest BCUT2D eigenvalue weighted by Crippen LogP contribution is -1.94. The first-order chi connectivity index (χ1) is 11.7. The van der Waals surface area contributed by atoms with E-state index in [-0.39, 0.29) is 0 Å². The van der Waals surface area contributed by atoms with Gasteiger partial charge in [0.15, 0.2) is 5.76 Å². The van der Waals surface area contributed by atoms with Gasteiger partial charge in [0.05, 0.1) is 5.69 Å². The molecule has 0 bridgehead atoms. The van der Waals surface area contributed by atoms with Crippen molar-refractivity contribution < 1.29 is 9.21 Å². The van der Waals surface area contributed by atoms with Crippen molar-refractivity contribution in [2.45, 2.75) is 4.90 Å². The van der Waals surface area contributed by atoms with Crippen LogP contribution in [0, 0.1) is 0 Å². The van der Waals surface area contributed by atoms with Crippen LogP contribution in [0.5, 0.6) is 0 Å². The molecule has 1 aromatic heterocycles. The highest BCUT2D eigenvalue weighted by Crippen LogP contribution is 2.39. The van der Waals surface area contributed by atoms with E-state index in [0.717, 1.165) is 39.0 Å². The molecule has 0 unspecified atom stereocenters. The van der Waals surface area contributed by atoms with Crippen LogP contribution in [0.4, 0.5) is 5.69 Å². The molecule has 0 radical (unpaired) electrons. The van der Waals surface area contributed by atoms with Gasteiger partial charge in [-0.15, -0.1) is 11.8 Å². The zero-order valence-corrected chi connectivity index (χ0v) is 14.9. The second-order valence-corrected chi connectivity index (χ2v) is 6.46. The number of anilines is 1. The van der Waals surface area contributed by atoms with E-state index in [1.807, 2.05) is 49.7 Å². The quantitative estimate of drug-likeness (QED) is 0.373. The number of furan rings is 1. The van der Waals surface area contributed by atoms with Crippen molar-refractivity contribution in [1.82, 2.24) is 0 Å². The summed E-state index contributed by atoms with van der Waals surface area (Å²) < 4.78 is 6.03. The van der Waals surface area contributed by atoms with Gasteiger partial charge in [0, 0.05) is 27.9 Å². The van der Waals surface area contributed by atoms with Gasteiger partial charge >= 0.3 is 0 Å². The SMILES string of the molecule is CNc1c(/C(=C\C=O)c2cccc(SC)c2)oc2ccc(Cl)cc12. The van der Waals surface area contributed by atoms with Gasteiger partial charge in [-0.3, -0.25) is 4.79 Å². The molecule has 0 saturated heterocycles. The van der Waals surface area contributed by atoms with Crippen LogP contribution in [0.25, 0.3) is 16.5 Å². The molecule has 3 nitrogen and oxygen atoms in total. The van der Waals surface area contributed by atoms with Crippen LogP contribution < -0.4 is 5.32 Å². The number of halogens is 1. The second kappa shape index (κ2) is 7.16. The lowest BCUT2D eigenvalue weighted by molar-refractivity contribution is -0.104. The minimum Gasteiger partial charge on any atom is -0.454 e. The highest BCUT2D eigenvalue weighted by atomic mass is 35.5. The number of nitrogens with one attached hydrogen (secondary N) is 1. The van der Waals surface area contributed by atoms with Crippen molar-refractivity contribution in [1.29, 1.82) is 0 Å². The summed E-state index contributed by atoms with van der Waals surface area (Å²) in [6.07, 6.45) is 4.32. The summed E-state index contributed by atoms with van der Waals surface area (Å²) in [7, 11) is 1.82. The number of allylic oxidation sites excluding steroid dienone is 1.